The van der Waals surface area contributed by atoms with Crippen LogP contribution in [0.15, 0.2) is 0 Å². The molecule has 0 spiro atoms. The molecule has 5 heteroatoms. The molecule has 0 aromatic heterocycles. The minimum atomic E-state index is -0.815. The zero-order chi connectivity index (χ0) is 11.9. The van der Waals surface area contributed by atoms with Crippen LogP contribution in [0.2, 0.25) is 0 Å². The number of carboxylic acid groups (broad SMARTS) is 1. The highest BCUT2D eigenvalue weighted by Gasteiger charge is 2.15. The molecule has 0 aromatic carbocycles. The maximum atomic E-state index is 10.6. The highest BCUT2D eigenvalue weighted by molar-refractivity contribution is 5.66. The number of unbranched alkanes of at least 4 members (excludes halogenated alkanes) is 1. The van der Waals surface area contributed by atoms with E-state index in [9.17, 15) is 9.59 Å². The summed E-state index contributed by atoms with van der Waals surface area (Å²) in [6.45, 7) is 5.97. The van der Waals surface area contributed by atoms with Gasteiger partial charge in [0.15, 0.2) is 0 Å². The molecule has 0 saturated heterocycles. The van der Waals surface area contributed by atoms with Crippen molar-refractivity contribution in [3.8, 4) is 0 Å². The predicted molar refractivity (Wildman–Crippen MR) is 55.1 cm³/mol. The van der Waals surface area contributed by atoms with Gasteiger partial charge in [0.2, 0.25) is 6.41 Å². The molecular formula is C10H19NO4. The molecule has 0 rings (SSSR count). The molecule has 1 amide bonds. The highest BCUT2D eigenvalue weighted by atomic mass is 16.7. The summed E-state index contributed by atoms with van der Waals surface area (Å²) in [6, 6.07) is 0. The molecule has 0 fully saturated rings. The summed E-state index contributed by atoms with van der Waals surface area (Å²) in [6.07, 6.45) is 1.92. The van der Waals surface area contributed by atoms with Gasteiger partial charge >= 0.3 is 5.97 Å². The molecule has 0 atom stereocenters. The Morgan fingerprint density at radius 3 is 2.40 bits per heavy atom. The molecular weight excluding hydrogens is 198 g/mol. The third-order valence-electron chi connectivity index (χ3n) is 1.53. The molecule has 0 heterocycles. The van der Waals surface area contributed by atoms with E-state index >= 15 is 0 Å². The van der Waals surface area contributed by atoms with E-state index in [1.807, 2.05) is 20.8 Å². The number of hydrogen-bond acceptors (Lipinski definition) is 3. The van der Waals surface area contributed by atoms with Gasteiger partial charge in [0.25, 0.3) is 0 Å². The highest BCUT2D eigenvalue weighted by Crippen LogP contribution is 2.09. The zero-order valence-electron chi connectivity index (χ0n) is 9.52. The number of nitrogens with zero attached hydrogens (tertiary/aromatic N) is 1. The van der Waals surface area contributed by atoms with Crippen LogP contribution in [0.25, 0.3) is 0 Å². The average Bonchev–Trinajstić information content (AvgIpc) is 2.08. The van der Waals surface area contributed by atoms with E-state index in [-0.39, 0.29) is 6.42 Å². The van der Waals surface area contributed by atoms with Crippen LogP contribution in [-0.2, 0) is 14.4 Å². The first-order valence-electron chi connectivity index (χ1n) is 4.98. The van der Waals surface area contributed by atoms with E-state index < -0.39 is 11.6 Å². The Morgan fingerprint density at radius 1 is 1.40 bits per heavy atom. The number of aliphatic carboxylic acids is 1. The van der Waals surface area contributed by atoms with Gasteiger partial charge in [-0.3, -0.25) is 14.4 Å². The summed E-state index contributed by atoms with van der Waals surface area (Å²) in [5, 5.41) is 9.62. The molecule has 15 heavy (non-hydrogen) atoms. The van der Waals surface area contributed by atoms with Crippen LogP contribution in [0, 0.1) is 0 Å². The molecule has 0 bridgehead atoms. The van der Waals surface area contributed by atoms with Crippen molar-refractivity contribution in [2.75, 3.05) is 6.54 Å². The second-order valence-corrected chi connectivity index (χ2v) is 4.30. The molecule has 0 aliphatic rings. The van der Waals surface area contributed by atoms with Crippen molar-refractivity contribution in [2.45, 2.75) is 45.6 Å². The van der Waals surface area contributed by atoms with Gasteiger partial charge in [0.05, 0.1) is 5.60 Å². The smallest absolute Gasteiger partial charge is 0.303 e. The summed E-state index contributed by atoms with van der Waals surface area (Å²) >= 11 is 0. The van der Waals surface area contributed by atoms with E-state index in [2.05, 4.69) is 0 Å². The maximum absolute atomic E-state index is 10.6. The Labute approximate surface area is 90.0 Å². The van der Waals surface area contributed by atoms with E-state index in [1.165, 1.54) is 5.06 Å². The molecule has 0 aromatic rings. The third kappa shape index (κ3) is 9.21. The van der Waals surface area contributed by atoms with Gasteiger partial charge in [-0.05, 0) is 33.6 Å². The first-order valence-corrected chi connectivity index (χ1v) is 4.98. The van der Waals surface area contributed by atoms with E-state index in [0.717, 1.165) is 0 Å². The molecule has 0 unspecified atom stereocenters. The molecule has 0 saturated carbocycles. The van der Waals surface area contributed by atoms with Crippen LogP contribution < -0.4 is 0 Å². The summed E-state index contributed by atoms with van der Waals surface area (Å²) < 4.78 is 0. The zero-order valence-corrected chi connectivity index (χ0v) is 9.52. The lowest BCUT2D eigenvalue weighted by Gasteiger charge is -2.26. The fraction of sp³-hybridized carbons (Fsp3) is 0.800. The first kappa shape index (κ1) is 13.9. The SMILES string of the molecule is CC(C)(C)ON(C=O)CCCCC(=O)O. The first-order chi connectivity index (χ1) is 6.85. The summed E-state index contributed by atoms with van der Waals surface area (Å²) in [5.74, 6) is -0.815. The summed E-state index contributed by atoms with van der Waals surface area (Å²) in [5.41, 5.74) is -0.409. The Balaban J connectivity index is 3.71. The van der Waals surface area contributed by atoms with Gasteiger partial charge in [-0.25, -0.2) is 5.06 Å². The molecule has 0 aliphatic carbocycles. The number of carboxylic acids is 1. The van der Waals surface area contributed by atoms with Crippen LogP contribution in [-0.4, -0.2) is 34.7 Å². The number of rotatable bonds is 7. The Bertz CT molecular complexity index is 210. The Kier molecular flexibility index (Phi) is 5.93. The van der Waals surface area contributed by atoms with Crippen molar-refractivity contribution in [3.05, 3.63) is 0 Å². The Morgan fingerprint density at radius 2 is 2.00 bits per heavy atom. The van der Waals surface area contributed by atoms with Crippen molar-refractivity contribution in [1.29, 1.82) is 0 Å². The third-order valence-corrected chi connectivity index (χ3v) is 1.53. The van der Waals surface area contributed by atoms with E-state index in [4.69, 9.17) is 9.94 Å². The van der Waals surface area contributed by atoms with Gasteiger partial charge in [-0.1, -0.05) is 0 Å². The predicted octanol–water partition coefficient (Wildman–Crippen LogP) is 1.43. The van der Waals surface area contributed by atoms with Gasteiger partial charge in [-0.15, -0.1) is 0 Å². The largest absolute Gasteiger partial charge is 0.481 e. The van der Waals surface area contributed by atoms with Crippen molar-refractivity contribution < 1.29 is 19.5 Å². The quantitative estimate of drug-likeness (QED) is 0.398. The fourth-order valence-corrected chi connectivity index (χ4v) is 1.02. The number of carbonyl (C=O) groups excluding carboxylic acids is 1. The van der Waals surface area contributed by atoms with E-state index in [1.54, 1.807) is 0 Å². The average molecular weight is 217 g/mol. The van der Waals surface area contributed by atoms with Gasteiger partial charge in [0, 0.05) is 13.0 Å². The normalized spacial score (nSPS) is 11.1. The van der Waals surface area contributed by atoms with E-state index in [0.29, 0.717) is 25.8 Å². The van der Waals surface area contributed by atoms with Crippen LogP contribution in [0.4, 0.5) is 0 Å². The summed E-state index contributed by atoms with van der Waals surface area (Å²) in [7, 11) is 0. The van der Waals surface area contributed by atoms with Crippen LogP contribution in [0.1, 0.15) is 40.0 Å². The van der Waals surface area contributed by atoms with Crippen LogP contribution in [0.5, 0.6) is 0 Å². The number of carbonyl (C=O) groups is 2. The topological polar surface area (TPSA) is 66.8 Å². The molecule has 88 valence electrons. The number of hydroxylamine groups is 2. The van der Waals surface area contributed by atoms with Gasteiger partial charge in [0.1, 0.15) is 0 Å². The minimum absolute atomic E-state index is 0.127. The molecule has 0 radical (unpaired) electrons. The lowest BCUT2D eigenvalue weighted by atomic mass is 10.2. The second-order valence-electron chi connectivity index (χ2n) is 4.30. The summed E-state index contributed by atoms with van der Waals surface area (Å²) in [4.78, 5) is 26.1. The van der Waals surface area contributed by atoms with Gasteiger partial charge in [-0.2, -0.15) is 0 Å². The molecule has 0 aliphatic heterocycles. The second kappa shape index (κ2) is 6.40. The molecule has 1 N–H and O–H groups in total. The molecule has 5 nitrogen and oxygen atoms in total. The lowest BCUT2D eigenvalue weighted by molar-refractivity contribution is -0.216. The van der Waals surface area contributed by atoms with Crippen molar-refractivity contribution in [1.82, 2.24) is 5.06 Å². The minimum Gasteiger partial charge on any atom is -0.481 e. The fourth-order valence-electron chi connectivity index (χ4n) is 1.02. The lowest BCUT2D eigenvalue weighted by Crippen LogP contribution is -2.33. The standard InChI is InChI=1S/C10H19NO4/c1-10(2,3)15-11(8-12)7-5-4-6-9(13)14/h8H,4-7H2,1-3H3,(H,13,14). The van der Waals surface area contributed by atoms with Crippen molar-refractivity contribution >= 4 is 12.4 Å². The van der Waals surface area contributed by atoms with Crippen molar-refractivity contribution in [3.63, 3.8) is 0 Å². The van der Waals surface area contributed by atoms with Crippen LogP contribution in [0.3, 0.4) is 0 Å². The maximum Gasteiger partial charge on any atom is 0.303 e. The van der Waals surface area contributed by atoms with Gasteiger partial charge < -0.3 is 5.11 Å². The number of amides is 1. The Hall–Kier alpha value is -1.10. The van der Waals surface area contributed by atoms with Crippen molar-refractivity contribution in [2.24, 2.45) is 0 Å². The monoisotopic (exact) mass is 217 g/mol. The van der Waals surface area contributed by atoms with Crippen LogP contribution >= 0.6 is 0 Å². The number of hydrogen-bond donors (Lipinski definition) is 1.